The molecule has 0 unspecified atom stereocenters. The van der Waals surface area contributed by atoms with Crippen molar-refractivity contribution >= 4 is 0 Å². The van der Waals surface area contributed by atoms with Crippen molar-refractivity contribution in [3.8, 4) is 11.7 Å². The fourth-order valence-corrected chi connectivity index (χ4v) is 5.47. The van der Waals surface area contributed by atoms with E-state index in [0.29, 0.717) is 17.7 Å². The maximum absolute atomic E-state index is 11.8. The lowest BCUT2D eigenvalue weighted by Gasteiger charge is -2.52. The summed E-state index contributed by atoms with van der Waals surface area (Å²) in [5.41, 5.74) is 1.29. The maximum Gasteiger partial charge on any atom is 0.263 e. The zero-order chi connectivity index (χ0) is 20.7. The number of hydrogen-bond donors (Lipinski definition) is 1. The lowest BCUT2D eigenvalue weighted by Crippen LogP contribution is -2.57. The molecule has 0 amide bonds. The Morgan fingerprint density at radius 3 is 2.63 bits per heavy atom. The first-order valence-electron chi connectivity index (χ1n) is 11.1. The summed E-state index contributed by atoms with van der Waals surface area (Å²) < 4.78 is 11.6. The Balaban J connectivity index is 1.40. The molecule has 0 bridgehead atoms. The van der Waals surface area contributed by atoms with Gasteiger partial charge in [-0.1, -0.05) is 43.2 Å². The van der Waals surface area contributed by atoms with Gasteiger partial charge in [0.1, 0.15) is 11.5 Å². The lowest BCUT2D eigenvalue weighted by atomic mass is 9.66. The Hall–Kier alpha value is -2.37. The van der Waals surface area contributed by atoms with Gasteiger partial charge in [0.2, 0.25) is 0 Å². The van der Waals surface area contributed by atoms with Gasteiger partial charge in [-0.15, -0.1) is 0 Å². The van der Waals surface area contributed by atoms with Gasteiger partial charge >= 0.3 is 0 Å². The molecule has 5 rings (SSSR count). The number of piperidine rings is 1. The van der Waals surface area contributed by atoms with Gasteiger partial charge in [-0.25, -0.2) is 4.98 Å². The highest BCUT2D eigenvalue weighted by Gasteiger charge is 2.49. The Morgan fingerprint density at radius 2 is 1.87 bits per heavy atom. The van der Waals surface area contributed by atoms with E-state index in [9.17, 15) is 5.11 Å². The molecule has 3 heterocycles. The summed E-state index contributed by atoms with van der Waals surface area (Å²) in [7, 11) is 0. The number of nitrogens with zero attached hydrogens (tertiary/aromatic N) is 2. The van der Waals surface area contributed by atoms with Crippen LogP contribution in [0.5, 0.6) is 0 Å². The van der Waals surface area contributed by atoms with Crippen LogP contribution < -0.4 is 0 Å². The van der Waals surface area contributed by atoms with E-state index in [-0.39, 0.29) is 5.92 Å². The maximum atomic E-state index is 11.8. The van der Waals surface area contributed by atoms with Crippen LogP contribution in [0, 0.1) is 19.8 Å². The highest BCUT2D eigenvalue weighted by Crippen LogP contribution is 2.47. The third kappa shape index (κ3) is 3.40. The Bertz CT molecular complexity index is 1010. The fraction of sp³-hybridized carbons (Fsp3) is 0.480. The SMILES string of the molecule is Cc1ccc(-c2nc(CN3CC[C@@](O)(c4ccccc4)[C@H]4CCCC[C@@H]43)c(C)o2)o1. The molecule has 1 N–H and O–H groups in total. The Morgan fingerprint density at radius 1 is 1.07 bits per heavy atom. The van der Waals surface area contributed by atoms with Gasteiger partial charge in [0.05, 0.1) is 11.3 Å². The van der Waals surface area contributed by atoms with Gasteiger partial charge in [-0.05, 0) is 50.8 Å². The Kier molecular flexibility index (Phi) is 5.03. The van der Waals surface area contributed by atoms with Crippen LogP contribution in [0.1, 0.15) is 54.9 Å². The number of furan rings is 1. The van der Waals surface area contributed by atoms with Crippen molar-refractivity contribution in [1.82, 2.24) is 9.88 Å². The van der Waals surface area contributed by atoms with Gasteiger partial charge in [0.25, 0.3) is 5.89 Å². The number of oxazole rings is 1. The highest BCUT2D eigenvalue weighted by atomic mass is 16.4. The minimum absolute atomic E-state index is 0.252. The highest BCUT2D eigenvalue weighted by molar-refractivity contribution is 5.45. The molecule has 3 atom stereocenters. The van der Waals surface area contributed by atoms with Crippen LogP contribution >= 0.6 is 0 Å². The third-order valence-electron chi connectivity index (χ3n) is 7.06. The van der Waals surface area contributed by atoms with E-state index in [2.05, 4.69) is 17.0 Å². The molecule has 0 radical (unpaired) electrons. The van der Waals surface area contributed by atoms with Crippen LogP contribution in [0.4, 0.5) is 0 Å². The molecule has 158 valence electrons. The summed E-state index contributed by atoms with van der Waals surface area (Å²) in [6.07, 6.45) is 5.36. The first kappa shape index (κ1) is 19.6. The molecule has 5 nitrogen and oxygen atoms in total. The standard InChI is InChI=1S/C25H30N2O3/c1-17-12-13-23(29-17)24-26-21(18(2)30-24)16-27-15-14-25(28,19-8-4-3-5-9-19)20-10-6-7-11-22(20)27/h3-5,8-9,12-13,20,22,28H,6-7,10-11,14-16H2,1-2H3/t20-,22-,25+/m0/s1. The van der Waals surface area contributed by atoms with Crippen molar-refractivity contribution in [3.05, 3.63) is 65.2 Å². The molecule has 2 aliphatic rings. The second-order valence-electron chi connectivity index (χ2n) is 8.90. The van der Waals surface area contributed by atoms with Gasteiger partial charge in [0, 0.05) is 25.0 Å². The number of aliphatic hydroxyl groups is 1. The zero-order valence-electron chi connectivity index (χ0n) is 17.8. The number of hydrogen-bond acceptors (Lipinski definition) is 5. The minimum Gasteiger partial charge on any atom is -0.456 e. The summed E-state index contributed by atoms with van der Waals surface area (Å²) in [4.78, 5) is 7.27. The van der Waals surface area contributed by atoms with Crippen molar-refractivity contribution in [2.24, 2.45) is 5.92 Å². The number of fused-ring (bicyclic) bond motifs is 1. The zero-order valence-corrected chi connectivity index (χ0v) is 17.8. The Labute approximate surface area is 177 Å². The summed E-state index contributed by atoms with van der Waals surface area (Å²) in [6.45, 7) is 5.50. The number of rotatable bonds is 4. The van der Waals surface area contributed by atoms with E-state index < -0.39 is 5.60 Å². The van der Waals surface area contributed by atoms with Gasteiger partial charge in [-0.3, -0.25) is 4.90 Å². The van der Waals surface area contributed by atoms with Crippen LogP contribution in [0.2, 0.25) is 0 Å². The number of aryl methyl sites for hydroxylation is 2. The van der Waals surface area contributed by atoms with Crippen LogP contribution in [0.15, 0.2) is 51.3 Å². The number of benzene rings is 1. The predicted octanol–water partition coefficient (Wildman–Crippen LogP) is 5.20. The second-order valence-corrected chi connectivity index (χ2v) is 8.90. The van der Waals surface area contributed by atoms with E-state index in [4.69, 9.17) is 13.8 Å². The van der Waals surface area contributed by atoms with Crippen LogP contribution in [0.25, 0.3) is 11.7 Å². The van der Waals surface area contributed by atoms with Crippen LogP contribution in [-0.4, -0.2) is 27.6 Å². The van der Waals surface area contributed by atoms with E-state index in [1.54, 1.807) is 0 Å². The van der Waals surface area contributed by atoms with Crippen LogP contribution in [0.3, 0.4) is 0 Å². The summed E-state index contributed by atoms with van der Waals surface area (Å²) in [5, 5.41) is 11.8. The molecule has 2 fully saturated rings. The average Bonchev–Trinajstić information content (AvgIpc) is 3.36. The monoisotopic (exact) mass is 406 g/mol. The molecule has 1 aliphatic carbocycles. The average molecular weight is 407 g/mol. The van der Waals surface area contributed by atoms with Crippen LogP contribution in [-0.2, 0) is 12.1 Å². The molecule has 30 heavy (non-hydrogen) atoms. The quantitative estimate of drug-likeness (QED) is 0.645. The third-order valence-corrected chi connectivity index (χ3v) is 7.06. The molecule has 1 saturated carbocycles. The van der Waals surface area contributed by atoms with Crippen molar-refractivity contribution in [3.63, 3.8) is 0 Å². The molecule has 3 aromatic rings. The molecule has 2 aromatic heterocycles. The van der Waals surface area contributed by atoms with Crippen molar-refractivity contribution in [2.75, 3.05) is 6.54 Å². The van der Waals surface area contributed by atoms with Gasteiger partial charge in [0.15, 0.2) is 5.76 Å². The van der Waals surface area contributed by atoms with E-state index in [0.717, 1.165) is 55.1 Å². The first-order valence-corrected chi connectivity index (χ1v) is 11.1. The minimum atomic E-state index is -0.738. The second kappa shape index (κ2) is 7.71. The summed E-state index contributed by atoms with van der Waals surface area (Å²) >= 11 is 0. The van der Waals surface area contributed by atoms with Gasteiger partial charge in [-0.2, -0.15) is 0 Å². The van der Waals surface area contributed by atoms with Crippen molar-refractivity contribution in [2.45, 2.75) is 64.1 Å². The topological polar surface area (TPSA) is 62.6 Å². The van der Waals surface area contributed by atoms with Crippen molar-refractivity contribution < 1.29 is 13.9 Å². The smallest absolute Gasteiger partial charge is 0.263 e. The summed E-state index contributed by atoms with van der Waals surface area (Å²) in [6, 6.07) is 14.5. The predicted molar refractivity (Wildman–Crippen MR) is 115 cm³/mol. The molecule has 0 spiro atoms. The largest absolute Gasteiger partial charge is 0.456 e. The molecule has 1 saturated heterocycles. The summed E-state index contributed by atoms with van der Waals surface area (Å²) in [5.74, 6) is 3.17. The molecular weight excluding hydrogens is 376 g/mol. The number of aromatic nitrogens is 1. The normalized spacial score (nSPS) is 27.2. The fourth-order valence-electron chi connectivity index (χ4n) is 5.47. The van der Waals surface area contributed by atoms with E-state index in [1.807, 2.05) is 44.2 Å². The molecular formula is C25H30N2O3. The first-order chi connectivity index (χ1) is 14.5. The molecule has 5 heteroatoms. The van der Waals surface area contributed by atoms with Gasteiger partial charge < -0.3 is 13.9 Å². The van der Waals surface area contributed by atoms with E-state index >= 15 is 0 Å². The molecule has 1 aliphatic heterocycles. The molecule has 1 aromatic carbocycles. The van der Waals surface area contributed by atoms with E-state index in [1.165, 1.54) is 12.8 Å². The lowest BCUT2D eigenvalue weighted by molar-refractivity contribution is -0.123. The number of likely N-dealkylation sites (tertiary alicyclic amines) is 1. The van der Waals surface area contributed by atoms with Crippen molar-refractivity contribution in [1.29, 1.82) is 0 Å².